The largest absolute Gasteiger partial charge is 0.481 e. The highest BCUT2D eigenvalue weighted by Crippen LogP contribution is 2.23. The summed E-state index contributed by atoms with van der Waals surface area (Å²) in [6, 6.07) is 3.81. The van der Waals surface area contributed by atoms with Crippen LogP contribution in [-0.4, -0.2) is 28.9 Å². The smallest absolute Gasteiger partial charge is 0.315 e. The van der Waals surface area contributed by atoms with Crippen molar-refractivity contribution in [3.05, 3.63) is 20.8 Å². The molecule has 88 valence electrons. The summed E-state index contributed by atoms with van der Waals surface area (Å²) in [4.78, 5) is 24.7. The average Bonchev–Trinajstić information content (AvgIpc) is 2.61. The molecule has 0 fully saturated rings. The first-order valence-corrected chi connectivity index (χ1v) is 6.24. The number of aliphatic carboxylic acids is 1. The van der Waals surface area contributed by atoms with Crippen molar-refractivity contribution in [1.82, 2.24) is 4.90 Å². The molecule has 0 aliphatic rings. The van der Waals surface area contributed by atoms with Gasteiger partial charge in [0, 0.05) is 11.9 Å². The van der Waals surface area contributed by atoms with Gasteiger partial charge in [-0.2, -0.15) is 0 Å². The van der Waals surface area contributed by atoms with Crippen LogP contribution in [0.3, 0.4) is 0 Å². The average molecular weight is 306 g/mol. The molecule has 1 heterocycles. The molecular weight excluding hydrogens is 294 g/mol. The van der Waals surface area contributed by atoms with Gasteiger partial charge in [0.2, 0.25) is 5.91 Å². The zero-order valence-corrected chi connectivity index (χ0v) is 11.3. The van der Waals surface area contributed by atoms with Crippen LogP contribution in [0.4, 0.5) is 0 Å². The van der Waals surface area contributed by atoms with E-state index < -0.39 is 11.9 Å². The van der Waals surface area contributed by atoms with Gasteiger partial charge in [0.1, 0.15) is 5.92 Å². The van der Waals surface area contributed by atoms with Crippen LogP contribution in [0, 0.1) is 5.92 Å². The van der Waals surface area contributed by atoms with Crippen LogP contribution in [0.2, 0.25) is 0 Å². The molecule has 1 aromatic rings. The minimum atomic E-state index is -1.09. The van der Waals surface area contributed by atoms with Gasteiger partial charge in [-0.25, -0.2) is 0 Å². The van der Waals surface area contributed by atoms with Crippen LogP contribution in [0.1, 0.15) is 11.8 Å². The quantitative estimate of drug-likeness (QED) is 0.868. The molecule has 0 aromatic carbocycles. The Morgan fingerprint density at radius 2 is 2.19 bits per heavy atom. The molecule has 6 heteroatoms. The van der Waals surface area contributed by atoms with Crippen molar-refractivity contribution in [2.45, 2.75) is 13.5 Å². The Kier molecular flexibility index (Phi) is 4.49. The summed E-state index contributed by atoms with van der Waals surface area (Å²) in [5, 5.41) is 8.72. The molecule has 1 unspecified atom stereocenters. The van der Waals surface area contributed by atoms with Crippen LogP contribution in [0.15, 0.2) is 15.9 Å². The lowest BCUT2D eigenvalue weighted by Gasteiger charge is -2.18. The number of carbonyl (C=O) groups is 2. The highest BCUT2D eigenvalue weighted by Gasteiger charge is 2.24. The van der Waals surface area contributed by atoms with Crippen molar-refractivity contribution in [2.75, 3.05) is 7.05 Å². The molecule has 0 radical (unpaired) electrons. The normalized spacial score (nSPS) is 12.2. The first-order chi connectivity index (χ1) is 7.41. The second kappa shape index (κ2) is 5.45. The van der Waals surface area contributed by atoms with Gasteiger partial charge in [-0.05, 0) is 35.0 Å². The van der Waals surface area contributed by atoms with Crippen LogP contribution < -0.4 is 0 Å². The van der Waals surface area contributed by atoms with Gasteiger partial charge in [-0.15, -0.1) is 11.3 Å². The fraction of sp³-hybridized carbons (Fsp3) is 0.400. The Morgan fingerprint density at radius 3 is 2.62 bits per heavy atom. The Labute approximate surface area is 106 Å². The van der Waals surface area contributed by atoms with E-state index in [2.05, 4.69) is 15.9 Å². The molecule has 0 aliphatic heterocycles. The van der Waals surface area contributed by atoms with Gasteiger partial charge in [0.25, 0.3) is 0 Å². The molecule has 0 saturated heterocycles. The molecule has 1 atom stereocenters. The van der Waals surface area contributed by atoms with Gasteiger partial charge >= 0.3 is 5.97 Å². The summed E-state index contributed by atoms with van der Waals surface area (Å²) < 4.78 is 0.995. The lowest BCUT2D eigenvalue weighted by molar-refractivity contribution is -0.149. The Morgan fingerprint density at radius 1 is 1.56 bits per heavy atom. The van der Waals surface area contributed by atoms with Crippen molar-refractivity contribution in [3.8, 4) is 0 Å². The maximum atomic E-state index is 11.6. The molecule has 0 spiro atoms. The summed E-state index contributed by atoms with van der Waals surface area (Å²) in [6.07, 6.45) is 0. The fourth-order valence-corrected chi connectivity index (χ4v) is 2.72. The zero-order valence-electron chi connectivity index (χ0n) is 8.94. The highest BCUT2D eigenvalue weighted by molar-refractivity contribution is 9.11. The monoisotopic (exact) mass is 305 g/mol. The summed E-state index contributed by atoms with van der Waals surface area (Å²) in [7, 11) is 1.61. The number of hydrogen-bond donors (Lipinski definition) is 1. The Hall–Kier alpha value is -0.880. The first-order valence-electron chi connectivity index (χ1n) is 4.64. The van der Waals surface area contributed by atoms with E-state index >= 15 is 0 Å². The van der Waals surface area contributed by atoms with Gasteiger partial charge in [-0.1, -0.05) is 0 Å². The number of amides is 1. The maximum absolute atomic E-state index is 11.6. The number of thiophene rings is 1. The third kappa shape index (κ3) is 3.31. The third-order valence-corrected chi connectivity index (χ3v) is 3.75. The van der Waals surface area contributed by atoms with E-state index in [1.807, 2.05) is 12.1 Å². The lowest BCUT2D eigenvalue weighted by atomic mass is 10.1. The van der Waals surface area contributed by atoms with Crippen LogP contribution in [-0.2, 0) is 16.1 Å². The van der Waals surface area contributed by atoms with E-state index in [1.54, 1.807) is 7.05 Å². The van der Waals surface area contributed by atoms with E-state index in [1.165, 1.54) is 23.2 Å². The second-order valence-corrected chi connectivity index (χ2v) is 6.01. The molecule has 1 N–H and O–H groups in total. The molecule has 0 saturated carbocycles. The van der Waals surface area contributed by atoms with Crippen molar-refractivity contribution in [1.29, 1.82) is 0 Å². The number of carbonyl (C=O) groups excluding carboxylic acids is 1. The van der Waals surface area contributed by atoms with Crippen molar-refractivity contribution in [2.24, 2.45) is 5.92 Å². The van der Waals surface area contributed by atoms with E-state index in [-0.39, 0.29) is 5.91 Å². The summed E-state index contributed by atoms with van der Waals surface area (Å²) >= 11 is 4.86. The van der Waals surface area contributed by atoms with Crippen molar-refractivity contribution < 1.29 is 14.7 Å². The number of halogens is 1. The van der Waals surface area contributed by atoms with Gasteiger partial charge in [0.05, 0.1) is 10.3 Å². The molecule has 1 amide bonds. The maximum Gasteiger partial charge on any atom is 0.315 e. The number of nitrogens with zero attached hydrogens (tertiary/aromatic N) is 1. The minimum Gasteiger partial charge on any atom is -0.481 e. The highest BCUT2D eigenvalue weighted by atomic mass is 79.9. The molecule has 0 bridgehead atoms. The topological polar surface area (TPSA) is 57.6 Å². The van der Waals surface area contributed by atoms with E-state index in [4.69, 9.17) is 5.11 Å². The standard InChI is InChI=1S/C10H12BrNO3S/c1-6(10(14)15)9(13)12(2)5-7-3-4-8(11)16-7/h3-4,6H,5H2,1-2H3,(H,14,15). The molecule has 16 heavy (non-hydrogen) atoms. The minimum absolute atomic E-state index is 0.378. The number of carboxylic acids is 1. The number of rotatable bonds is 4. The molecule has 4 nitrogen and oxygen atoms in total. The van der Waals surface area contributed by atoms with Crippen LogP contribution >= 0.6 is 27.3 Å². The zero-order chi connectivity index (χ0) is 12.3. The number of hydrogen-bond acceptors (Lipinski definition) is 3. The van der Waals surface area contributed by atoms with E-state index in [0.29, 0.717) is 6.54 Å². The summed E-state index contributed by atoms with van der Waals surface area (Å²) in [5.74, 6) is -2.46. The molecular formula is C10H12BrNO3S. The Bertz CT molecular complexity index is 405. The third-order valence-electron chi connectivity index (χ3n) is 2.14. The number of carboxylic acid groups (broad SMARTS) is 1. The lowest BCUT2D eigenvalue weighted by Crippen LogP contribution is -2.34. The summed E-state index contributed by atoms with van der Waals surface area (Å²) in [6.45, 7) is 1.83. The van der Waals surface area contributed by atoms with E-state index in [9.17, 15) is 9.59 Å². The Balaban J connectivity index is 2.62. The molecule has 0 aliphatic carbocycles. The predicted molar refractivity (Wildman–Crippen MR) is 65.3 cm³/mol. The van der Waals surface area contributed by atoms with Crippen molar-refractivity contribution in [3.63, 3.8) is 0 Å². The van der Waals surface area contributed by atoms with Crippen LogP contribution in [0.25, 0.3) is 0 Å². The predicted octanol–water partition coefficient (Wildman–Crippen LogP) is 2.19. The molecule has 1 aromatic heterocycles. The first kappa shape index (κ1) is 13.2. The van der Waals surface area contributed by atoms with Crippen molar-refractivity contribution >= 4 is 39.1 Å². The molecule has 1 rings (SSSR count). The van der Waals surface area contributed by atoms with Gasteiger partial charge < -0.3 is 10.0 Å². The fourth-order valence-electron chi connectivity index (χ4n) is 1.18. The SMILES string of the molecule is CC(C(=O)O)C(=O)N(C)Cc1ccc(Br)s1. The second-order valence-electron chi connectivity index (χ2n) is 3.46. The van der Waals surface area contributed by atoms with Gasteiger partial charge in [0.15, 0.2) is 0 Å². The van der Waals surface area contributed by atoms with Crippen LogP contribution in [0.5, 0.6) is 0 Å². The van der Waals surface area contributed by atoms with E-state index in [0.717, 1.165) is 8.66 Å². The van der Waals surface area contributed by atoms with Gasteiger partial charge in [-0.3, -0.25) is 9.59 Å². The summed E-state index contributed by atoms with van der Waals surface area (Å²) in [5.41, 5.74) is 0.